The number of halogens is 4. The molecule has 0 heterocycles. The van der Waals surface area contributed by atoms with Gasteiger partial charge in [0.1, 0.15) is 17.7 Å². The van der Waals surface area contributed by atoms with Crippen LogP contribution >= 0.6 is 0 Å². The van der Waals surface area contributed by atoms with Crippen molar-refractivity contribution in [3.8, 4) is 6.07 Å². The summed E-state index contributed by atoms with van der Waals surface area (Å²) in [5.74, 6) is -4.08. The average molecular weight is 280 g/mol. The Bertz CT molecular complexity index is 692. The molecule has 0 radical (unpaired) electrons. The molecular weight excluding hydrogens is 272 g/mol. The van der Waals surface area contributed by atoms with Gasteiger partial charge in [-0.2, -0.15) is 5.26 Å². The van der Waals surface area contributed by atoms with Crippen molar-refractivity contribution in [1.82, 2.24) is 0 Å². The van der Waals surface area contributed by atoms with Crippen LogP contribution in [0, 0.1) is 34.6 Å². The van der Waals surface area contributed by atoms with Crippen LogP contribution in [0.5, 0.6) is 0 Å². The summed E-state index contributed by atoms with van der Waals surface area (Å²) in [4.78, 5) is 0. The fourth-order valence-corrected chi connectivity index (χ4v) is 1.65. The van der Waals surface area contributed by atoms with Gasteiger partial charge in [-0.25, -0.2) is 17.6 Å². The first-order valence-corrected chi connectivity index (χ1v) is 5.58. The molecule has 0 aliphatic rings. The Balaban J connectivity index is 2.19. The minimum Gasteiger partial charge on any atom is -0.378 e. The second kappa shape index (κ2) is 5.61. The van der Waals surface area contributed by atoms with Gasteiger partial charge in [-0.15, -0.1) is 0 Å². The van der Waals surface area contributed by atoms with Gasteiger partial charge in [0.2, 0.25) is 0 Å². The number of nitriles is 1. The van der Waals surface area contributed by atoms with Gasteiger partial charge < -0.3 is 5.32 Å². The van der Waals surface area contributed by atoms with Gasteiger partial charge in [0, 0.05) is 18.7 Å². The highest BCUT2D eigenvalue weighted by molar-refractivity contribution is 5.46. The molecule has 0 aliphatic carbocycles. The van der Waals surface area contributed by atoms with Crippen LogP contribution in [0.15, 0.2) is 30.3 Å². The molecule has 0 spiro atoms. The lowest BCUT2D eigenvalue weighted by molar-refractivity contribution is 0.497. The Morgan fingerprint density at radius 1 is 1.00 bits per heavy atom. The van der Waals surface area contributed by atoms with Crippen molar-refractivity contribution in [2.24, 2.45) is 0 Å². The molecule has 0 saturated carbocycles. The summed E-state index contributed by atoms with van der Waals surface area (Å²) in [5, 5.41) is 11.2. The molecule has 0 saturated heterocycles. The van der Waals surface area contributed by atoms with E-state index in [4.69, 9.17) is 5.26 Å². The number of rotatable bonds is 3. The predicted molar refractivity (Wildman–Crippen MR) is 64.8 cm³/mol. The van der Waals surface area contributed by atoms with Gasteiger partial charge in [0.25, 0.3) is 0 Å². The maximum atomic E-state index is 13.4. The van der Waals surface area contributed by atoms with E-state index in [9.17, 15) is 17.6 Å². The fourth-order valence-electron chi connectivity index (χ4n) is 1.65. The number of nitrogens with zero attached hydrogens (tertiary/aromatic N) is 1. The number of benzene rings is 2. The molecule has 2 aromatic rings. The van der Waals surface area contributed by atoms with E-state index in [2.05, 4.69) is 5.32 Å². The maximum Gasteiger partial charge on any atom is 0.182 e. The summed E-state index contributed by atoms with van der Waals surface area (Å²) >= 11 is 0. The summed E-state index contributed by atoms with van der Waals surface area (Å²) in [6.07, 6.45) is 0. The molecule has 2 nitrogen and oxygen atoms in total. The minimum atomic E-state index is -1.30. The minimum absolute atomic E-state index is 0.00519. The highest BCUT2D eigenvalue weighted by Gasteiger charge is 2.11. The SMILES string of the molecule is N#Cc1cc(CNc2cc(F)cc(F)c2F)ccc1F. The van der Waals surface area contributed by atoms with Crippen LogP contribution in [-0.4, -0.2) is 0 Å². The third-order valence-electron chi connectivity index (χ3n) is 2.63. The molecule has 0 fully saturated rings. The van der Waals surface area contributed by atoms with Crippen LogP contribution in [0.25, 0.3) is 0 Å². The van der Waals surface area contributed by atoms with E-state index in [0.717, 1.165) is 12.1 Å². The molecule has 1 N–H and O–H groups in total. The normalized spacial score (nSPS) is 10.2. The van der Waals surface area contributed by atoms with Crippen molar-refractivity contribution < 1.29 is 17.6 Å². The monoisotopic (exact) mass is 280 g/mol. The Morgan fingerprint density at radius 2 is 1.75 bits per heavy atom. The van der Waals surface area contributed by atoms with Crippen LogP contribution in [0.4, 0.5) is 23.2 Å². The van der Waals surface area contributed by atoms with Gasteiger partial charge in [-0.1, -0.05) is 6.07 Å². The van der Waals surface area contributed by atoms with Crippen molar-refractivity contribution in [2.75, 3.05) is 5.32 Å². The summed E-state index contributed by atoms with van der Waals surface area (Å²) in [6, 6.07) is 6.67. The summed E-state index contributed by atoms with van der Waals surface area (Å²) in [5.41, 5.74) is -0.0208. The van der Waals surface area contributed by atoms with E-state index < -0.39 is 23.3 Å². The number of hydrogen-bond donors (Lipinski definition) is 1. The van der Waals surface area contributed by atoms with Gasteiger partial charge in [0.05, 0.1) is 11.3 Å². The Morgan fingerprint density at radius 3 is 2.45 bits per heavy atom. The van der Waals surface area contributed by atoms with E-state index in [-0.39, 0.29) is 17.8 Å². The Kier molecular flexibility index (Phi) is 3.89. The van der Waals surface area contributed by atoms with Crippen molar-refractivity contribution in [2.45, 2.75) is 6.54 Å². The van der Waals surface area contributed by atoms with E-state index in [1.54, 1.807) is 6.07 Å². The summed E-state index contributed by atoms with van der Waals surface area (Å²) in [6.45, 7) is -0.00519. The van der Waals surface area contributed by atoms with Crippen LogP contribution in [0.2, 0.25) is 0 Å². The molecule has 0 aliphatic heterocycles. The first-order valence-electron chi connectivity index (χ1n) is 5.58. The van der Waals surface area contributed by atoms with Gasteiger partial charge in [-0.3, -0.25) is 0 Å². The second-order valence-electron chi connectivity index (χ2n) is 4.03. The van der Waals surface area contributed by atoms with E-state index in [0.29, 0.717) is 11.6 Å². The number of anilines is 1. The molecule has 0 unspecified atom stereocenters. The zero-order chi connectivity index (χ0) is 14.7. The molecule has 0 bridgehead atoms. The highest BCUT2D eigenvalue weighted by atomic mass is 19.2. The lowest BCUT2D eigenvalue weighted by Crippen LogP contribution is -2.04. The molecule has 2 rings (SSSR count). The number of hydrogen-bond acceptors (Lipinski definition) is 2. The van der Waals surface area contributed by atoms with Crippen molar-refractivity contribution in [3.05, 3.63) is 64.7 Å². The molecule has 2 aromatic carbocycles. The standard InChI is InChI=1S/C14H8F4N2/c15-10-4-12(17)14(18)13(5-10)20-7-8-1-2-11(16)9(3-8)6-19/h1-5,20H,7H2. The fraction of sp³-hybridized carbons (Fsp3) is 0.0714. The first-order chi connectivity index (χ1) is 9.51. The largest absolute Gasteiger partial charge is 0.378 e. The van der Waals surface area contributed by atoms with Crippen molar-refractivity contribution in [3.63, 3.8) is 0 Å². The third-order valence-corrected chi connectivity index (χ3v) is 2.63. The van der Waals surface area contributed by atoms with Crippen molar-refractivity contribution in [1.29, 1.82) is 5.26 Å². The molecule has 6 heteroatoms. The number of nitrogens with one attached hydrogen (secondary N) is 1. The summed E-state index contributed by atoms with van der Waals surface area (Å²) < 4.78 is 52.4. The van der Waals surface area contributed by atoms with Crippen LogP contribution in [0.3, 0.4) is 0 Å². The maximum absolute atomic E-state index is 13.4. The molecule has 0 atom stereocenters. The Hall–Kier alpha value is -2.55. The molecular formula is C14H8F4N2. The smallest absolute Gasteiger partial charge is 0.182 e. The van der Waals surface area contributed by atoms with Crippen LogP contribution in [-0.2, 0) is 6.54 Å². The van der Waals surface area contributed by atoms with Gasteiger partial charge >= 0.3 is 0 Å². The molecule has 0 aromatic heterocycles. The zero-order valence-corrected chi connectivity index (χ0v) is 10.1. The third kappa shape index (κ3) is 2.88. The summed E-state index contributed by atoms with van der Waals surface area (Å²) in [7, 11) is 0. The zero-order valence-electron chi connectivity index (χ0n) is 10.1. The van der Waals surface area contributed by atoms with E-state index in [1.807, 2.05) is 0 Å². The van der Waals surface area contributed by atoms with Crippen LogP contribution < -0.4 is 5.32 Å². The lowest BCUT2D eigenvalue weighted by Gasteiger charge is -2.09. The molecule has 20 heavy (non-hydrogen) atoms. The van der Waals surface area contributed by atoms with Crippen LogP contribution in [0.1, 0.15) is 11.1 Å². The Labute approximate surface area is 112 Å². The average Bonchev–Trinajstić information content (AvgIpc) is 2.42. The van der Waals surface area contributed by atoms with E-state index >= 15 is 0 Å². The second-order valence-corrected chi connectivity index (χ2v) is 4.03. The molecule has 102 valence electrons. The first kappa shape index (κ1) is 13.9. The topological polar surface area (TPSA) is 35.8 Å². The van der Waals surface area contributed by atoms with Crippen molar-refractivity contribution >= 4 is 5.69 Å². The predicted octanol–water partition coefficient (Wildman–Crippen LogP) is 3.73. The highest BCUT2D eigenvalue weighted by Crippen LogP contribution is 2.20. The van der Waals surface area contributed by atoms with Gasteiger partial charge in [-0.05, 0) is 17.7 Å². The molecule has 0 amide bonds. The quantitative estimate of drug-likeness (QED) is 0.687. The lowest BCUT2D eigenvalue weighted by atomic mass is 10.1. The van der Waals surface area contributed by atoms with Gasteiger partial charge in [0.15, 0.2) is 11.6 Å². The van der Waals surface area contributed by atoms with E-state index in [1.165, 1.54) is 12.1 Å².